The molecule has 10 aromatic rings. The SMILES string of the molecule is C1=CCc2c(n(-c3ccc4c(c3)c3cc(-c5ccc6c(c5)c5ccccc5n6-c5ccccc5)ccc3n4-c3ccccc3)c3ccccc23)CC=C1. The molecule has 3 heteroatoms. The molecule has 0 amide bonds. The van der Waals surface area contributed by atoms with Gasteiger partial charge in [-0.15, -0.1) is 0 Å². The molecule has 0 fully saturated rings. The van der Waals surface area contributed by atoms with Gasteiger partial charge in [-0.1, -0.05) is 109 Å². The number of aromatic nitrogens is 3. The molecule has 250 valence electrons. The van der Waals surface area contributed by atoms with Crippen LogP contribution in [0.2, 0.25) is 0 Å². The zero-order chi connectivity index (χ0) is 34.9. The average Bonchev–Trinajstić information content (AvgIpc) is 3.82. The van der Waals surface area contributed by atoms with Crippen molar-refractivity contribution in [2.24, 2.45) is 0 Å². The number of rotatable bonds is 4. The zero-order valence-electron chi connectivity index (χ0n) is 29.2. The van der Waals surface area contributed by atoms with Gasteiger partial charge in [-0.05, 0) is 102 Å². The summed E-state index contributed by atoms with van der Waals surface area (Å²) in [6.45, 7) is 0. The molecule has 7 aromatic carbocycles. The Morgan fingerprint density at radius 1 is 0.321 bits per heavy atom. The fourth-order valence-electron chi connectivity index (χ4n) is 8.81. The van der Waals surface area contributed by atoms with Crippen LogP contribution in [0.25, 0.3) is 82.7 Å². The van der Waals surface area contributed by atoms with Crippen LogP contribution >= 0.6 is 0 Å². The molecule has 1 aliphatic rings. The molecule has 0 N–H and O–H groups in total. The van der Waals surface area contributed by atoms with Crippen molar-refractivity contribution in [3.8, 4) is 28.2 Å². The molecule has 3 heterocycles. The van der Waals surface area contributed by atoms with Crippen molar-refractivity contribution in [3.05, 3.63) is 199 Å². The topological polar surface area (TPSA) is 14.8 Å². The molecule has 0 aliphatic heterocycles. The Morgan fingerprint density at radius 3 is 1.43 bits per heavy atom. The van der Waals surface area contributed by atoms with Crippen LogP contribution in [0, 0.1) is 0 Å². The second-order valence-corrected chi connectivity index (χ2v) is 14.1. The van der Waals surface area contributed by atoms with E-state index in [1.54, 1.807) is 0 Å². The van der Waals surface area contributed by atoms with Gasteiger partial charge >= 0.3 is 0 Å². The number of para-hydroxylation sites is 4. The van der Waals surface area contributed by atoms with E-state index in [0.29, 0.717) is 0 Å². The molecule has 0 unspecified atom stereocenters. The minimum Gasteiger partial charge on any atom is -0.313 e. The highest BCUT2D eigenvalue weighted by atomic mass is 15.0. The maximum Gasteiger partial charge on any atom is 0.0542 e. The Morgan fingerprint density at radius 2 is 0.792 bits per heavy atom. The summed E-state index contributed by atoms with van der Waals surface area (Å²) in [4.78, 5) is 0. The Labute approximate surface area is 307 Å². The third kappa shape index (κ3) is 4.60. The molecular weight excluding hydrogens is 643 g/mol. The van der Waals surface area contributed by atoms with E-state index in [1.807, 2.05) is 0 Å². The fraction of sp³-hybridized carbons (Fsp3) is 0.0400. The maximum atomic E-state index is 2.50. The smallest absolute Gasteiger partial charge is 0.0542 e. The standard InChI is InChI=1S/C50H35N3/c1-2-10-22-45-39(19-9-1)40-20-11-13-23-46(40)53(45)38-27-30-50-44(33-38)43-32-35(26-29-49(43)52(50)37-17-7-4-8-18-37)34-25-28-48-42(31-34)41-21-12-14-24-47(41)51(48)36-15-5-3-6-16-36/h1-18,20-21,23-33H,19,22H2. The van der Waals surface area contributed by atoms with E-state index in [0.717, 1.165) is 18.5 Å². The Balaban J connectivity index is 1.15. The highest BCUT2D eigenvalue weighted by Gasteiger charge is 2.20. The van der Waals surface area contributed by atoms with E-state index in [1.165, 1.54) is 88.3 Å². The number of hydrogen-bond acceptors (Lipinski definition) is 0. The first-order valence-corrected chi connectivity index (χ1v) is 18.5. The van der Waals surface area contributed by atoms with Crippen molar-refractivity contribution in [2.75, 3.05) is 0 Å². The highest BCUT2D eigenvalue weighted by Crippen LogP contribution is 2.40. The minimum absolute atomic E-state index is 0.894. The highest BCUT2D eigenvalue weighted by molar-refractivity contribution is 6.13. The molecule has 53 heavy (non-hydrogen) atoms. The summed E-state index contributed by atoms with van der Waals surface area (Å²) in [5.74, 6) is 0. The molecule has 3 aromatic heterocycles. The first kappa shape index (κ1) is 29.8. The number of benzene rings is 7. The van der Waals surface area contributed by atoms with Gasteiger partial charge in [0.15, 0.2) is 0 Å². The van der Waals surface area contributed by atoms with Crippen molar-refractivity contribution in [1.29, 1.82) is 0 Å². The van der Waals surface area contributed by atoms with E-state index < -0.39 is 0 Å². The Hall–Kier alpha value is -6.84. The van der Waals surface area contributed by atoms with Crippen LogP contribution in [0.15, 0.2) is 188 Å². The van der Waals surface area contributed by atoms with E-state index >= 15 is 0 Å². The van der Waals surface area contributed by atoms with E-state index in [-0.39, 0.29) is 0 Å². The van der Waals surface area contributed by atoms with Crippen molar-refractivity contribution in [1.82, 2.24) is 13.7 Å². The lowest BCUT2D eigenvalue weighted by Gasteiger charge is -2.13. The monoisotopic (exact) mass is 677 g/mol. The van der Waals surface area contributed by atoms with Crippen LogP contribution in [-0.4, -0.2) is 13.7 Å². The zero-order valence-corrected chi connectivity index (χ0v) is 29.2. The largest absolute Gasteiger partial charge is 0.313 e. The van der Waals surface area contributed by atoms with Crippen LogP contribution in [0.1, 0.15) is 11.3 Å². The van der Waals surface area contributed by atoms with Gasteiger partial charge in [-0.2, -0.15) is 0 Å². The molecule has 0 bridgehead atoms. The second-order valence-electron chi connectivity index (χ2n) is 14.1. The van der Waals surface area contributed by atoms with Gasteiger partial charge in [0.05, 0.1) is 27.6 Å². The molecule has 0 atom stereocenters. The average molecular weight is 678 g/mol. The molecule has 11 rings (SSSR count). The normalized spacial score (nSPS) is 13.0. The predicted octanol–water partition coefficient (Wildman–Crippen LogP) is 12.7. The van der Waals surface area contributed by atoms with E-state index in [4.69, 9.17) is 0 Å². The molecule has 0 saturated carbocycles. The number of hydrogen-bond donors (Lipinski definition) is 0. The number of fused-ring (bicyclic) bond motifs is 9. The summed E-state index contributed by atoms with van der Waals surface area (Å²) in [7, 11) is 0. The van der Waals surface area contributed by atoms with Crippen molar-refractivity contribution >= 4 is 54.5 Å². The summed E-state index contributed by atoms with van der Waals surface area (Å²) in [6, 6.07) is 60.1. The van der Waals surface area contributed by atoms with Crippen molar-refractivity contribution < 1.29 is 0 Å². The second kappa shape index (κ2) is 11.9. The van der Waals surface area contributed by atoms with E-state index in [9.17, 15) is 0 Å². The van der Waals surface area contributed by atoms with Crippen molar-refractivity contribution in [3.63, 3.8) is 0 Å². The van der Waals surface area contributed by atoms with Gasteiger partial charge in [-0.3, -0.25) is 0 Å². The van der Waals surface area contributed by atoms with Crippen LogP contribution in [0.3, 0.4) is 0 Å². The lowest BCUT2D eigenvalue weighted by molar-refractivity contribution is 0.977. The molecule has 0 saturated heterocycles. The first-order valence-electron chi connectivity index (χ1n) is 18.5. The van der Waals surface area contributed by atoms with Gasteiger partial charge in [-0.25, -0.2) is 0 Å². The molecule has 1 aliphatic carbocycles. The summed E-state index contributed by atoms with van der Waals surface area (Å²) in [6.07, 6.45) is 10.7. The van der Waals surface area contributed by atoms with Crippen LogP contribution in [0.4, 0.5) is 0 Å². The quantitative estimate of drug-likeness (QED) is 0.176. The number of allylic oxidation sites excluding steroid dienone is 4. The van der Waals surface area contributed by atoms with E-state index in [2.05, 4.69) is 202 Å². The Bertz CT molecular complexity index is 3100. The van der Waals surface area contributed by atoms with Gasteiger partial charge in [0.2, 0.25) is 0 Å². The van der Waals surface area contributed by atoms with Crippen molar-refractivity contribution in [2.45, 2.75) is 12.8 Å². The molecule has 0 radical (unpaired) electrons. The van der Waals surface area contributed by atoms with Gasteiger partial charge in [0.25, 0.3) is 0 Å². The summed E-state index contributed by atoms with van der Waals surface area (Å²) in [5.41, 5.74) is 14.8. The van der Waals surface area contributed by atoms with Crippen LogP contribution < -0.4 is 0 Å². The number of nitrogens with zero attached hydrogens (tertiary/aromatic N) is 3. The molecule has 3 nitrogen and oxygen atoms in total. The summed E-state index contributed by atoms with van der Waals surface area (Å²) >= 11 is 0. The first-order chi connectivity index (χ1) is 26.3. The van der Waals surface area contributed by atoms with Crippen LogP contribution in [-0.2, 0) is 12.8 Å². The Kier molecular flexibility index (Phi) is 6.68. The summed E-state index contributed by atoms with van der Waals surface area (Å²) < 4.78 is 7.30. The molecule has 0 spiro atoms. The van der Waals surface area contributed by atoms with Gasteiger partial charge < -0.3 is 13.7 Å². The maximum absolute atomic E-state index is 2.50. The van der Waals surface area contributed by atoms with Gasteiger partial charge in [0.1, 0.15) is 0 Å². The predicted molar refractivity (Wildman–Crippen MR) is 223 cm³/mol. The lowest BCUT2D eigenvalue weighted by Crippen LogP contribution is -2.02. The third-order valence-electron chi connectivity index (χ3n) is 11.1. The fourth-order valence-corrected chi connectivity index (χ4v) is 8.81. The third-order valence-corrected chi connectivity index (χ3v) is 11.1. The summed E-state index contributed by atoms with van der Waals surface area (Å²) in [5, 5.41) is 6.35. The minimum atomic E-state index is 0.894. The van der Waals surface area contributed by atoms with Gasteiger partial charge in [0, 0.05) is 56.1 Å². The molecular formula is C50H35N3. The van der Waals surface area contributed by atoms with Crippen LogP contribution in [0.5, 0.6) is 0 Å². The lowest BCUT2D eigenvalue weighted by atomic mass is 10.0.